The highest BCUT2D eigenvalue weighted by Gasteiger charge is 2.68. The van der Waals surface area contributed by atoms with E-state index in [0.29, 0.717) is 13.1 Å². The minimum absolute atomic E-state index is 0.00655. The minimum Gasteiger partial charge on any atom is -0.484 e. The first kappa shape index (κ1) is 24.5. The molecule has 10 heteroatoms. The fraction of sp³-hybridized carbons (Fsp3) is 0.423. The number of hydrogen-bond donors (Lipinski definition) is 2. The van der Waals surface area contributed by atoms with Crippen molar-refractivity contribution in [3.05, 3.63) is 64.9 Å². The molecule has 2 bridgehead atoms. The third-order valence-electron chi connectivity index (χ3n) is 7.13. The lowest BCUT2D eigenvalue weighted by molar-refractivity contribution is -0.146. The average Bonchev–Trinajstić information content (AvgIpc) is 2.79. The molecule has 8 nitrogen and oxygen atoms in total. The van der Waals surface area contributed by atoms with Gasteiger partial charge in [-0.3, -0.25) is 9.59 Å². The third kappa shape index (κ3) is 5.17. The molecule has 4 fully saturated rings. The van der Waals surface area contributed by atoms with E-state index in [1.165, 1.54) is 17.0 Å². The van der Waals surface area contributed by atoms with Crippen LogP contribution in [0, 0.1) is 11.7 Å². The number of benzene rings is 2. The van der Waals surface area contributed by atoms with Gasteiger partial charge in [0.15, 0.2) is 12.4 Å². The van der Waals surface area contributed by atoms with Gasteiger partial charge >= 0.3 is 6.09 Å². The number of ketones is 1. The van der Waals surface area contributed by atoms with Gasteiger partial charge < -0.3 is 25.0 Å². The molecule has 3 aliphatic carbocycles. The quantitative estimate of drug-likeness (QED) is 0.505. The zero-order valence-electron chi connectivity index (χ0n) is 19.6. The SMILES string of the molecule is O=C(COc1ccc(Cl)c(F)c1)NC12CC(NCC(=O)C3CN(C(=O)OCc4ccccc4)C3)(C1)C2. The summed E-state index contributed by atoms with van der Waals surface area (Å²) in [5, 5.41) is 6.33. The second kappa shape index (κ2) is 9.71. The molecular weight excluding hydrogens is 489 g/mol. The molecular formula is C26H27ClFN3O5. The molecule has 1 heterocycles. The van der Waals surface area contributed by atoms with Gasteiger partial charge in [0.25, 0.3) is 5.91 Å². The van der Waals surface area contributed by atoms with E-state index in [4.69, 9.17) is 21.1 Å². The summed E-state index contributed by atoms with van der Waals surface area (Å²) in [5.74, 6) is -0.746. The van der Waals surface area contributed by atoms with E-state index in [2.05, 4.69) is 10.6 Å². The normalized spacial score (nSPS) is 24.1. The number of nitrogens with zero attached hydrogens (tertiary/aromatic N) is 1. The maximum absolute atomic E-state index is 13.5. The Balaban J connectivity index is 0.960. The van der Waals surface area contributed by atoms with Crippen molar-refractivity contribution < 1.29 is 28.2 Å². The standard InChI is InChI=1S/C26H27ClFN3O5/c27-20-7-6-19(8-21(20)28)35-13-23(33)30-26-14-25(15-26,16-26)29-9-22(32)18-10-31(11-18)24(34)36-12-17-4-2-1-3-5-17/h1-8,18,29H,9-16H2,(H,30,33). The molecule has 2 amide bonds. The molecule has 36 heavy (non-hydrogen) atoms. The second-order valence-corrected chi connectivity index (χ2v) is 10.4. The largest absolute Gasteiger partial charge is 0.484 e. The van der Waals surface area contributed by atoms with E-state index >= 15 is 0 Å². The molecule has 190 valence electrons. The highest BCUT2D eigenvalue weighted by Crippen LogP contribution is 2.60. The summed E-state index contributed by atoms with van der Waals surface area (Å²) in [4.78, 5) is 38.5. The first-order valence-corrected chi connectivity index (χ1v) is 12.2. The van der Waals surface area contributed by atoms with Crippen molar-refractivity contribution in [3.63, 3.8) is 0 Å². The van der Waals surface area contributed by atoms with Gasteiger partial charge in [0.2, 0.25) is 0 Å². The van der Waals surface area contributed by atoms with Crippen molar-refractivity contribution in [2.24, 2.45) is 5.92 Å². The molecule has 1 saturated heterocycles. The van der Waals surface area contributed by atoms with Crippen LogP contribution in [0.1, 0.15) is 24.8 Å². The molecule has 3 saturated carbocycles. The fourth-order valence-corrected chi connectivity index (χ4v) is 5.33. The molecule has 0 unspecified atom stereocenters. The van der Waals surface area contributed by atoms with E-state index < -0.39 is 11.9 Å². The van der Waals surface area contributed by atoms with Gasteiger partial charge in [0.1, 0.15) is 18.2 Å². The summed E-state index contributed by atoms with van der Waals surface area (Å²) in [7, 11) is 0. The van der Waals surface area contributed by atoms with Crippen LogP contribution in [0.4, 0.5) is 9.18 Å². The summed E-state index contributed by atoms with van der Waals surface area (Å²) in [5.41, 5.74) is 0.527. The van der Waals surface area contributed by atoms with Crippen LogP contribution in [0.15, 0.2) is 48.5 Å². The monoisotopic (exact) mass is 515 g/mol. The fourth-order valence-electron chi connectivity index (χ4n) is 5.22. The van der Waals surface area contributed by atoms with Crippen LogP contribution in [0.2, 0.25) is 5.02 Å². The number of likely N-dealkylation sites (tertiary alicyclic amines) is 1. The van der Waals surface area contributed by atoms with Crippen molar-refractivity contribution in [2.75, 3.05) is 26.2 Å². The number of carbonyl (C=O) groups excluding carboxylic acids is 3. The van der Waals surface area contributed by atoms with Crippen molar-refractivity contribution in [1.82, 2.24) is 15.5 Å². The summed E-state index contributed by atoms with van der Waals surface area (Å²) in [6.45, 7) is 0.987. The lowest BCUT2D eigenvalue weighted by Gasteiger charge is -2.70. The zero-order valence-corrected chi connectivity index (χ0v) is 20.4. The van der Waals surface area contributed by atoms with Crippen LogP contribution >= 0.6 is 11.6 Å². The lowest BCUT2D eigenvalue weighted by Crippen LogP contribution is -2.83. The predicted octanol–water partition coefficient (Wildman–Crippen LogP) is 3.08. The Morgan fingerprint density at radius 1 is 1.06 bits per heavy atom. The van der Waals surface area contributed by atoms with Gasteiger partial charge in [0.05, 0.1) is 17.5 Å². The Labute approximate surface area is 213 Å². The number of carbonyl (C=O) groups is 3. The summed E-state index contributed by atoms with van der Waals surface area (Å²) < 4.78 is 24.1. The minimum atomic E-state index is -0.603. The van der Waals surface area contributed by atoms with Gasteiger partial charge in [0, 0.05) is 30.2 Å². The predicted molar refractivity (Wildman–Crippen MR) is 129 cm³/mol. The number of amides is 2. The van der Waals surface area contributed by atoms with Crippen LogP contribution < -0.4 is 15.4 Å². The molecule has 2 aromatic rings. The smallest absolute Gasteiger partial charge is 0.410 e. The maximum Gasteiger partial charge on any atom is 0.410 e. The van der Waals surface area contributed by atoms with Crippen molar-refractivity contribution in [1.29, 1.82) is 0 Å². The Hall–Kier alpha value is -3.17. The first-order valence-electron chi connectivity index (χ1n) is 11.9. The van der Waals surface area contributed by atoms with Crippen LogP contribution in [0.3, 0.4) is 0 Å². The maximum atomic E-state index is 13.5. The Morgan fingerprint density at radius 3 is 2.47 bits per heavy atom. The molecule has 6 rings (SSSR count). The summed E-state index contributed by atoms with van der Waals surface area (Å²) in [6.07, 6.45) is 1.84. The molecule has 2 aromatic carbocycles. The topological polar surface area (TPSA) is 97.0 Å². The summed E-state index contributed by atoms with van der Waals surface area (Å²) >= 11 is 5.64. The lowest BCUT2D eigenvalue weighted by atomic mass is 9.44. The molecule has 0 radical (unpaired) electrons. The van der Waals surface area contributed by atoms with Crippen LogP contribution in [0.5, 0.6) is 5.75 Å². The summed E-state index contributed by atoms with van der Waals surface area (Å²) in [6, 6.07) is 13.5. The molecule has 4 aliphatic rings. The Kier molecular flexibility index (Phi) is 6.61. The van der Waals surface area contributed by atoms with E-state index in [-0.39, 0.29) is 59.2 Å². The van der Waals surface area contributed by atoms with E-state index in [0.717, 1.165) is 30.9 Å². The molecule has 0 aromatic heterocycles. The number of Topliss-reactive ketones (excluding diaryl/α,β-unsaturated/α-hetero) is 1. The van der Waals surface area contributed by atoms with Crippen molar-refractivity contribution in [2.45, 2.75) is 36.9 Å². The van der Waals surface area contributed by atoms with Gasteiger partial charge in [-0.25, -0.2) is 9.18 Å². The van der Waals surface area contributed by atoms with Gasteiger partial charge in [-0.2, -0.15) is 0 Å². The van der Waals surface area contributed by atoms with Gasteiger partial charge in [-0.1, -0.05) is 41.9 Å². The van der Waals surface area contributed by atoms with Crippen LogP contribution in [-0.4, -0.2) is 60.0 Å². The Morgan fingerprint density at radius 2 is 1.78 bits per heavy atom. The van der Waals surface area contributed by atoms with Crippen molar-refractivity contribution in [3.8, 4) is 5.75 Å². The number of nitrogens with one attached hydrogen (secondary N) is 2. The molecule has 2 N–H and O–H groups in total. The first-order chi connectivity index (χ1) is 17.2. The Bertz CT molecular complexity index is 1150. The third-order valence-corrected chi connectivity index (χ3v) is 7.44. The van der Waals surface area contributed by atoms with E-state index in [1.807, 2.05) is 30.3 Å². The van der Waals surface area contributed by atoms with E-state index in [9.17, 15) is 18.8 Å². The molecule has 1 aliphatic heterocycles. The number of hydrogen-bond acceptors (Lipinski definition) is 6. The molecule has 0 atom stereocenters. The van der Waals surface area contributed by atoms with Crippen LogP contribution in [-0.2, 0) is 20.9 Å². The van der Waals surface area contributed by atoms with Gasteiger partial charge in [-0.05, 0) is 37.0 Å². The highest BCUT2D eigenvalue weighted by atomic mass is 35.5. The number of halogens is 2. The number of ether oxygens (including phenoxy) is 2. The highest BCUT2D eigenvalue weighted by molar-refractivity contribution is 6.30. The van der Waals surface area contributed by atoms with Crippen LogP contribution in [0.25, 0.3) is 0 Å². The second-order valence-electron chi connectivity index (χ2n) is 9.97. The average molecular weight is 516 g/mol. The van der Waals surface area contributed by atoms with E-state index in [1.54, 1.807) is 0 Å². The molecule has 0 spiro atoms. The number of rotatable bonds is 10. The van der Waals surface area contributed by atoms with Crippen molar-refractivity contribution >= 4 is 29.4 Å². The van der Waals surface area contributed by atoms with Gasteiger partial charge in [-0.15, -0.1) is 0 Å². The zero-order chi connectivity index (χ0) is 25.3.